The van der Waals surface area contributed by atoms with Crippen LogP contribution >= 0.6 is 15.9 Å². The first kappa shape index (κ1) is 10.9. The van der Waals surface area contributed by atoms with E-state index in [1.807, 2.05) is 0 Å². The second kappa shape index (κ2) is 4.06. The van der Waals surface area contributed by atoms with Crippen LogP contribution in [-0.4, -0.2) is 36.3 Å². The maximum Gasteiger partial charge on any atom is 0.317 e. The molecule has 0 saturated carbocycles. The van der Waals surface area contributed by atoms with Gasteiger partial charge < -0.3 is 5.11 Å². The van der Waals surface area contributed by atoms with Gasteiger partial charge in [0, 0.05) is 6.26 Å². The number of aliphatic carboxylic acids is 1. The van der Waals surface area contributed by atoms with Gasteiger partial charge in [-0.2, -0.15) is 0 Å². The Morgan fingerprint density at radius 2 is 2.09 bits per heavy atom. The highest BCUT2D eigenvalue weighted by molar-refractivity contribution is 9.10. The molecule has 0 heterocycles. The Morgan fingerprint density at radius 1 is 1.64 bits per heavy atom. The summed E-state index contributed by atoms with van der Waals surface area (Å²) in [6, 6.07) is 0. The topological polar surface area (TPSA) is 71.4 Å². The summed E-state index contributed by atoms with van der Waals surface area (Å²) in [4.78, 5) is 9.41. The van der Waals surface area contributed by atoms with Crippen molar-refractivity contribution in [1.82, 2.24) is 0 Å². The van der Waals surface area contributed by atoms with E-state index >= 15 is 0 Å². The molecule has 0 aromatic rings. The van der Waals surface area contributed by atoms with Crippen LogP contribution in [0.25, 0.3) is 0 Å². The highest BCUT2D eigenvalue weighted by Crippen LogP contribution is 2.06. The Hall–Kier alpha value is -0.100. The Labute approximate surface area is 73.6 Å². The molecule has 0 aliphatic carbocycles. The highest BCUT2D eigenvalue weighted by Gasteiger charge is 2.15. The lowest BCUT2D eigenvalue weighted by Crippen LogP contribution is -2.17. The van der Waals surface area contributed by atoms with Crippen LogP contribution < -0.4 is 0 Å². The van der Waals surface area contributed by atoms with Gasteiger partial charge in [-0.25, -0.2) is 8.42 Å². The molecule has 0 bridgehead atoms. The smallest absolute Gasteiger partial charge is 0.317 e. The Kier molecular flexibility index (Phi) is 4.02. The minimum absolute atomic E-state index is 0.102. The molecule has 0 saturated heterocycles. The lowest BCUT2D eigenvalue weighted by atomic mass is 10.3. The Morgan fingerprint density at radius 3 is 2.36 bits per heavy atom. The molecule has 4 nitrogen and oxygen atoms in total. The Balaban J connectivity index is 3.82. The quantitative estimate of drug-likeness (QED) is 0.721. The fraction of sp³-hybridized carbons (Fsp3) is 0.800. The van der Waals surface area contributed by atoms with E-state index in [9.17, 15) is 13.2 Å². The zero-order chi connectivity index (χ0) is 9.07. The predicted octanol–water partition coefficient (Wildman–Crippen LogP) is 0.269. The maximum absolute atomic E-state index is 10.5. The van der Waals surface area contributed by atoms with E-state index < -0.39 is 20.6 Å². The molecule has 1 N–H and O–H groups in total. The van der Waals surface area contributed by atoms with Gasteiger partial charge >= 0.3 is 5.97 Å². The molecule has 6 heteroatoms. The second-order valence-corrected chi connectivity index (χ2v) is 5.59. The van der Waals surface area contributed by atoms with Gasteiger partial charge in [0.1, 0.15) is 14.7 Å². The van der Waals surface area contributed by atoms with Crippen LogP contribution in [0.3, 0.4) is 0 Å². The van der Waals surface area contributed by atoms with Gasteiger partial charge in [-0.05, 0) is 6.42 Å². The third kappa shape index (κ3) is 6.30. The number of carbonyl (C=O) groups is 1. The van der Waals surface area contributed by atoms with Crippen LogP contribution in [0.5, 0.6) is 0 Å². The molecule has 0 aliphatic rings. The van der Waals surface area contributed by atoms with Gasteiger partial charge in [0.2, 0.25) is 0 Å². The Bertz CT molecular complexity index is 233. The van der Waals surface area contributed by atoms with Crippen molar-refractivity contribution in [2.45, 2.75) is 11.2 Å². The number of hydrogen-bond acceptors (Lipinski definition) is 3. The lowest BCUT2D eigenvalue weighted by molar-refractivity contribution is -0.136. The predicted molar refractivity (Wildman–Crippen MR) is 44.7 cm³/mol. The first-order valence-corrected chi connectivity index (χ1v) is 5.85. The molecular formula is C5H9BrO4S. The van der Waals surface area contributed by atoms with Crippen LogP contribution in [0.15, 0.2) is 0 Å². The van der Waals surface area contributed by atoms with Crippen molar-refractivity contribution in [2.24, 2.45) is 0 Å². The van der Waals surface area contributed by atoms with E-state index in [0.717, 1.165) is 6.26 Å². The molecule has 66 valence electrons. The van der Waals surface area contributed by atoms with Gasteiger partial charge in [-0.15, -0.1) is 0 Å². The monoisotopic (exact) mass is 244 g/mol. The molecule has 0 radical (unpaired) electrons. The van der Waals surface area contributed by atoms with Crippen LogP contribution in [0.2, 0.25) is 0 Å². The summed E-state index contributed by atoms with van der Waals surface area (Å²) >= 11 is 2.83. The number of halogens is 1. The molecule has 0 rings (SSSR count). The van der Waals surface area contributed by atoms with Gasteiger partial charge in [0.25, 0.3) is 0 Å². The molecule has 0 amide bonds. The van der Waals surface area contributed by atoms with Crippen molar-refractivity contribution < 1.29 is 18.3 Å². The molecule has 0 spiro atoms. The number of carboxylic acids is 1. The zero-order valence-corrected chi connectivity index (χ0v) is 8.35. The van der Waals surface area contributed by atoms with Gasteiger partial charge in [0.15, 0.2) is 0 Å². The van der Waals surface area contributed by atoms with Gasteiger partial charge in [-0.3, -0.25) is 4.79 Å². The van der Waals surface area contributed by atoms with Crippen LogP contribution in [0, 0.1) is 0 Å². The number of rotatable bonds is 4. The first-order valence-electron chi connectivity index (χ1n) is 2.87. The number of hydrogen-bond donors (Lipinski definition) is 1. The van der Waals surface area contributed by atoms with E-state index in [0.29, 0.717) is 0 Å². The molecule has 0 fully saturated rings. The second-order valence-electron chi connectivity index (χ2n) is 2.22. The summed E-state index contributed by atoms with van der Waals surface area (Å²) in [6.45, 7) is 0. The summed E-state index contributed by atoms with van der Waals surface area (Å²) < 4.78 is 21.1. The molecule has 0 aliphatic heterocycles. The van der Waals surface area contributed by atoms with Crippen molar-refractivity contribution >= 4 is 31.7 Å². The van der Waals surface area contributed by atoms with Crippen LogP contribution in [0.4, 0.5) is 0 Å². The fourth-order valence-corrected chi connectivity index (χ4v) is 1.64. The van der Waals surface area contributed by atoms with E-state index in [2.05, 4.69) is 15.9 Å². The number of alkyl halides is 1. The summed E-state index contributed by atoms with van der Waals surface area (Å²) in [5, 5.41) is 8.34. The number of sulfone groups is 1. The molecule has 0 aromatic carbocycles. The largest absolute Gasteiger partial charge is 0.480 e. The van der Waals surface area contributed by atoms with E-state index in [-0.39, 0.29) is 12.2 Å². The minimum atomic E-state index is -3.05. The maximum atomic E-state index is 10.5. The van der Waals surface area contributed by atoms with E-state index in [1.165, 1.54) is 0 Å². The summed E-state index contributed by atoms with van der Waals surface area (Å²) in [7, 11) is -3.05. The zero-order valence-electron chi connectivity index (χ0n) is 5.95. The molecule has 1 atom stereocenters. The van der Waals surface area contributed by atoms with Crippen LogP contribution in [-0.2, 0) is 14.6 Å². The highest BCUT2D eigenvalue weighted by atomic mass is 79.9. The van der Waals surface area contributed by atoms with Crippen molar-refractivity contribution in [2.75, 3.05) is 12.0 Å². The average molecular weight is 245 g/mol. The average Bonchev–Trinajstić information content (AvgIpc) is 1.80. The van der Waals surface area contributed by atoms with Crippen molar-refractivity contribution in [1.29, 1.82) is 0 Å². The molecular weight excluding hydrogens is 236 g/mol. The van der Waals surface area contributed by atoms with E-state index in [1.54, 1.807) is 0 Å². The fourth-order valence-electron chi connectivity index (χ4n) is 0.441. The molecule has 1 unspecified atom stereocenters. The minimum Gasteiger partial charge on any atom is -0.480 e. The summed E-state index contributed by atoms with van der Waals surface area (Å²) in [5.74, 6) is -1.14. The van der Waals surface area contributed by atoms with Crippen molar-refractivity contribution in [3.63, 3.8) is 0 Å². The first-order chi connectivity index (χ1) is 4.83. The SMILES string of the molecule is CS(=O)(=O)CCC(Br)C(=O)O. The summed E-state index contributed by atoms with van der Waals surface area (Å²) in [5.41, 5.74) is 0. The van der Waals surface area contributed by atoms with Crippen LogP contribution in [0.1, 0.15) is 6.42 Å². The van der Waals surface area contributed by atoms with Gasteiger partial charge in [0.05, 0.1) is 5.75 Å². The van der Waals surface area contributed by atoms with E-state index in [4.69, 9.17) is 5.11 Å². The number of carboxylic acid groups (broad SMARTS) is 1. The third-order valence-electron chi connectivity index (χ3n) is 1.01. The lowest BCUT2D eigenvalue weighted by Gasteiger charge is -2.01. The molecule has 0 aromatic heterocycles. The van der Waals surface area contributed by atoms with Gasteiger partial charge in [-0.1, -0.05) is 15.9 Å². The third-order valence-corrected chi connectivity index (χ3v) is 2.84. The normalized spacial score (nSPS) is 14.4. The summed E-state index contributed by atoms with van der Waals surface area (Å²) in [6.07, 6.45) is 1.18. The standard InChI is InChI=1S/C5H9BrO4S/c1-11(9,10)3-2-4(6)5(7)8/h4H,2-3H2,1H3,(H,7,8). The molecule has 11 heavy (non-hydrogen) atoms. The van der Waals surface area contributed by atoms with Crippen molar-refractivity contribution in [3.05, 3.63) is 0 Å². The van der Waals surface area contributed by atoms with Crippen molar-refractivity contribution in [3.8, 4) is 0 Å².